The van der Waals surface area contributed by atoms with E-state index in [0.29, 0.717) is 0 Å². The normalized spacial score (nSPS) is 13.3. The number of nitro benzene ring substituents is 1. The van der Waals surface area contributed by atoms with Crippen molar-refractivity contribution in [3.63, 3.8) is 0 Å². The molecule has 0 saturated heterocycles. The van der Waals surface area contributed by atoms with Gasteiger partial charge in [0.15, 0.2) is 0 Å². The maximum Gasteiger partial charge on any atom is 0.269 e. The molecule has 2 aromatic carbocycles. The largest absolute Gasteiger partial charge is 0.269 e. The van der Waals surface area contributed by atoms with Crippen LogP contribution in [-0.2, 0) is 0 Å². The van der Waals surface area contributed by atoms with E-state index in [1.165, 1.54) is 12.1 Å². The van der Waals surface area contributed by atoms with E-state index in [1.807, 2.05) is 37.3 Å². The van der Waals surface area contributed by atoms with E-state index in [4.69, 9.17) is 0 Å². The molecule has 2 atom stereocenters. The second-order valence-corrected chi connectivity index (χ2v) is 5.17. The van der Waals surface area contributed by atoms with E-state index in [9.17, 15) is 20.2 Å². The van der Waals surface area contributed by atoms with Crippen molar-refractivity contribution in [3.8, 4) is 0 Å². The predicted octanol–water partition coefficient (Wildman–Crippen LogP) is 3.76. The molecule has 0 aliphatic rings. The summed E-state index contributed by atoms with van der Waals surface area (Å²) in [5.41, 5.74) is 1.76. The number of nitrogens with zero attached hydrogens (tertiary/aromatic N) is 2. The molecule has 2 aromatic rings. The van der Waals surface area contributed by atoms with Crippen LogP contribution in [0.3, 0.4) is 0 Å². The molecule has 2 unspecified atom stereocenters. The van der Waals surface area contributed by atoms with Gasteiger partial charge in [-0.05, 0) is 17.0 Å². The molecule has 22 heavy (non-hydrogen) atoms. The van der Waals surface area contributed by atoms with Gasteiger partial charge in [0.2, 0.25) is 6.54 Å². The summed E-state index contributed by atoms with van der Waals surface area (Å²) < 4.78 is 0. The van der Waals surface area contributed by atoms with Gasteiger partial charge in [-0.2, -0.15) is 0 Å². The highest BCUT2D eigenvalue weighted by molar-refractivity contribution is 5.36. The van der Waals surface area contributed by atoms with Crippen molar-refractivity contribution in [2.45, 2.75) is 18.8 Å². The van der Waals surface area contributed by atoms with Crippen LogP contribution in [0.4, 0.5) is 5.69 Å². The molecule has 0 radical (unpaired) electrons. The van der Waals surface area contributed by atoms with E-state index in [-0.39, 0.29) is 29.0 Å². The highest BCUT2D eigenvalue weighted by atomic mass is 16.6. The lowest BCUT2D eigenvalue weighted by Crippen LogP contribution is -2.18. The molecule has 0 saturated carbocycles. The van der Waals surface area contributed by atoms with Gasteiger partial charge in [-0.25, -0.2) is 0 Å². The zero-order valence-electron chi connectivity index (χ0n) is 12.1. The zero-order valence-corrected chi connectivity index (χ0v) is 12.1. The zero-order chi connectivity index (χ0) is 16.1. The van der Waals surface area contributed by atoms with Crippen molar-refractivity contribution >= 4 is 5.69 Å². The highest BCUT2D eigenvalue weighted by Gasteiger charge is 2.26. The van der Waals surface area contributed by atoms with Gasteiger partial charge in [-0.15, -0.1) is 0 Å². The first-order valence-corrected chi connectivity index (χ1v) is 6.90. The van der Waals surface area contributed by atoms with Crippen LogP contribution in [0, 0.1) is 20.2 Å². The Hall–Kier alpha value is -2.76. The monoisotopic (exact) mass is 300 g/mol. The van der Waals surface area contributed by atoms with Crippen molar-refractivity contribution in [1.82, 2.24) is 0 Å². The van der Waals surface area contributed by atoms with Crippen LogP contribution < -0.4 is 0 Å². The van der Waals surface area contributed by atoms with Gasteiger partial charge in [0.05, 0.1) is 10.8 Å². The molecule has 0 aliphatic carbocycles. The lowest BCUT2D eigenvalue weighted by Gasteiger charge is -2.21. The number of hydrogen-bond acceptors (Lipinski definition) is 4. The molecule has 6 heteroatoms. The maximum atomic E-state index is 11.0. The number of nitro groups is 2. The van der Waals surface area contributed by atoms with Crippen molar-refractivity contribution in [2.24, 2.45) is 0 Å². The van der Waals surface area contributed by atoms with Gasteiger partial charge in [0.1, 0.15) is 0 Å². The maximum absolute atomic E-state index is 11.0. The molecule has 0 aromatic heterocycles. The molecule has 2 rings (SSSR count). The minimum absolute atomic E-state index is 0.0153. The van der Waals surface area contributed by atoms with Gasteiger partial charge in [-0.3, -0.25) is 20.2 Å². The molecular weight excluding hydrogens is 284 g/mol. The van der Waals surface area contributed by atoms with Crippen molar-refractivity contribution < 1.29 is 9.85 Å². The molecular formula is C16H16N2O4. The number of non-ortho nitro benzene ring substituents is 1. The lowest BCUT2D eigenvalue weighted by atomic mass is 9.82. The smallest absolute Gasteiger partial charge is 0.265 e. The summed E-state index contributed by atoms with van der Waals surface area (Å²) in [7, 11) is 0. The minimum atomic E-state index is -0.458. The van der Waals surface area contributed by atoms with Gasteiger partial charge >= 0.3 is 0 Å². The number of benzene rings is 2. The van der Waals surface area contributed by atoms with Crippen molar-refractivity contribution in [3.05, 3.63) is 86.0 Å². The van der Waals surface area contributed by atoms with E-state index < -0.39 is 4.92 Å². The topological polar surface area (TPSA) is 86.3 Å². The summed E-state index contributed by atoms with van der Waals surface area (Å²) in [5.74, 6) is -0.397. The summed E-state index contributed by atoms with van der Waals surface area (Å²) in [6, 6.07) is 15.5. The van der Waals surface area contributed by atoms with Crippen LogP contribution in [0.2, 0.25) is 0 Å². The third kappa shape index (κ3) is 3.66. The summed E-state index contributed by atoms with van der Waals surface area (Å²) >= 11 is 0. The predicted molar refractivity (Wildman–Crippen MR) is 82.6 cm³/mol. The molecule has 114 valence electrons. The lowest BCUT2D eigenvalue weighted by molar-refractivity contribution is -0.484. The average Bonchev–Trinajstić information content (AvgIpc) is 2.52. The Balaban J connectivity index is 2.30. The van der Waals surface area contributed by atoms with Gasteiger partial charge in [0, 0.05) is 17.1 Å². The summed E-state index contributed by atoms with van der Waals surface area (Å²) in [6.07, 6.45) is 0. The standard InChI is InChI=1S/C16H16N2O4/c1-12(13-7-9-15(10-8-13)18(21)22)16(11-17(19)20)14-5-3-2-4-6-14/h2-10,12,16H,11H2,1H3. The second-order valence-electron chi connectivity index (χ2n) is 5.17. The average molecular weight is 300 g/mol. The molecule has 0 amide bonds. The van der Waals surface area contributed by atoms with Crippen LogP contribution in [-0.4, -0.2) is 16.4 Å². The van der Waals surface area contributed by atoms with E-state index in [1.54, 1.807) is 12.1 Å². The Morgan fingerprint density at radius 3 is 2.00 bits per heavy atom. The third-order valence-corrected chi connectivity index (χ3v) is 3.81. The van der Waals surface area contributed by atoms with Crippen LogP contribution in [0.5, 0.6) is 0 Å². The fourth-order valence-corrected chi connectivity index (χ4v) is 2.54. The van der Waals surface area contributed by atoms with Crippen LogP contribution in [0.15, 0.2) is 54.6 Å². The van der Waals surface area contributed by atoms with Gasteiger partial charge < -0.3 is 0 Å². The quantitative estimate of drug-likeness (QED) is 0.600. The SMILES string of the molecule is CC(c1ccc([N+](=O)[O-])cc1)C(C[N+](=O)[O-])c1ccccc1. The fraction of sp³-hybridized carbons (Fsp3) is 0.250. The van der Waals surface area contributed by atoms with E-state index in [2.05, 4.69) is 0 Å². The fourth-order valence-electron chi connectivity index (χ4n) is 2.54. The molecule has 0 N–H and O–H groups in total. The molecule has 6 nitrogen and oxygen atoms in total. The molecule has 0 bridgehead atoms. The minimum Gasteiger partial charge on any atom is -0.265 e. The van der Waals surface area contributed by atoms with Gasteiger partial charge in [0.25, 0.3) is 5.69 Å². The summed E-state index contributed by atoms with van der Waals surface area (Å²) in [4.78, 5) is 20.9. The molecule has 0 spiro atoms. The van der Waals surface area contributed by atoms with E-state index >= 15 is 0 Å². The molecule has 0 fully saturated rings. The number of rotatable bonds is 6. The Bertz CT molecular complexity index is 656. The van der Waals surface area contributed by atoms with Crippen molar-refractivity contribution in [1.29, 1.82) is 0 Å². The first-order valence-electron chi connectivity index (χ1n) is 6.90. The Labute approximate surface area is 127 Å². The first kappa shape index (κ1) is 15.6. The Kier molecular flexibility index (Phi) is 4.83. The first-order chi connectivity index (χ1) is 10.5. The molecule has 0 aliphatic heterocycles. The summed E-state index contributed by atoms with van der Waals surface area (Å²) in [5, 5.41) is 21.7. The highest BCUT2D eigenvalue weighted by Crippen LogP contribution is 2.33. The van der Waals surface area contributed by atoms with Gasteiger partial charge in [-0.1, -0.05) is 49.4 Å². The third-order valence-electron chi connectivity index (χ3n) is 3.81. The number of hydrogen-bond donors (Lipinski definition) is 0. The van der Waals surface area contributed by atoms with Crippen LogP contribution in [0.25, 0.3) is 0 Å². The Morgan fingerprint density at radius 1 is 0.909 bits per heavy atom. The van der Waals surface area contributed by atoms with Crippen LogP contribution in [0.1, 0.15) is 29.9 Å². The molecule has 0 heterocycles. The second kappa shape index (κ2) is 6.80. The van der Waals surface area contributed by atoms with Crippen molar-refractivity contribution in [2.75, 3.05) is 6.54 Å². The van der Waals surface area contributed by atoms with E-state index in [0.717, 1.165) is 11.1 Å². The summed E-state index contributed by atoms with van der Waals surface area (Å²) in [6.45, 7) is 1.73. The van der Waals surface area contributed by atoms with Crippen LogP contribution >= 0.6 is 0 Å². The Morgan fingerprint density at radius 2 is 1.50 bits per heavy atom.